The van der Waals surface area contributed by atoms with Gasteiger partial charge in [0.2, 0.25) is 0 Å². The van der Waals surface area contributed by atoms with Crippen LogP contribution in [0.5, 0.6) is 0 Å². The molecule has 1 fully saturated rings. The number of nitrogens with one attached hydrogen (secondary N) is 2. The van der Waals surface area contributed by atoms with Crippen LogP contribution in [0.2, 0.25) is 0 Å². The maximum atomic E-state index is 12.9. The first-order valence-corrected chi connectivity index (χ1v) is 8.96. The fourth-order valence-electron chi connectivity index (χ4n) is 3.25. The van der Waals surface area contributed by atoms with Crippen molar-refractivity contribution in [1.82, 2.24) is 15.1 Å². The van der Waals surface area contributed by atoms with Gasteiger partial charge in [-0.1, -0.05) is 6.07 Å². The molecular formula is C19H27N5O. The van der Waals surface area contributed by atoms with E-state index in [9.17, 15) is 4.79 Å². The fourth-order valence-corrected chi connectivity index (χ4v) is 3.25. The molecule has 1 aromatic carbocycles. The molecule has 0 radical (unpaired) electrons. The number of aromatic nitrogens is 2. The van der Waals surface area contributed by atoms with Gasteiger partial charge < -0.3 is 15.1 Å². The molecule has 2 amide bonds. The van der Waals surface area contributed by atoms with Gasteiger partial charge >= 0.3 is 6.03 Å². The summed E-state index contributed by atoms with van der Waals surface area (Å²) in [5.74, 6) is 0. The van der Waals surface area contributed by atoms with Crippen LogP contribution in [-0.4, -0.2) is 40.8 Å². The maximum Gasteiger partial charge on any atom is 0.322 e. The number of anilines is 2. The molecule has 0 spiro atoms. The van der Waals surface area contributed by atoms with Gasteiger partial charge in [-0.2, -0.15) is 5.10 Å². The Kier molecular flexibility index (Phi) is 5.26. The number of rotatable bonds is 4. The van der Waals surface area contributed by atoms with Gasteiger partial charge in [-0.05, 0) is 57.4 Å². The Morgan fingerprint density at radius 1 is 1.36 bits per heavy atom. The van der Waals surface area contributed by atoms with Crippen LogP contribution < -0.4 is 10.2 Å². The maximum absolute atomic E-state index is 12.9. The van der Waals surface area contributed by atoms with Gasteiger partial charge in [0.05, 0.1) is 11.7 Å². The number of urea groups is 1. The number of piperidine rings is 1. The van der Waals surface area contributed by atoms with E-state index >= 15 is 0 Å². The number of amides is 2. The van der Waals surface area contributed by atoms with E-state index in [1.54, 1.807) is 6.20 Å². The molecule has 0 aliphatic carbocycles. The van der Waals surface area contributed by atoms with Crippen LogP contribution in [0.15, 0.2) is 36.5 Å². The Morgan fingerprint density at radius 2 is 2.20 bits per heavy atom. The molecule has 25 heavy (non-hydrogen) atoms. The van der Waals surface area contributed by atoms with Crippen molar-refractivity contribution >= 4 is 17.4 Å². The van der Waals surface area contributed by atoms with Gasteiger partial charge in [-0.3, -0.25) is 5.10 Å². The zero-order valence-corrected chi connectivity index (χ0v) is 15.2. The highest BCUT2D eigenvalue weighted by molar-refractivity contribution is 5.90. The van der Waals surface area contributed by atoms with Crippen molar-refractivity contribution in [3.8, 4) is 0 Å². The molecule has 0 saturated carbocycles. The van der Waals surface area contributed by atoms with Crippen molar-refractivity contribution < 1.29 is 4.79 Å². The third kappa shape index (κ3) is 3.95. The molecule has 1 saturated heterocycles. The Labute approximate surface area is 149 Å². The zero-order chi connectivity index (χ0) is 17.8. The molecule has 2 N–H and O–H groups in total. The van der Waals surface area contributed by atoms with E-state index in [0.29, 0.717) is 6.04 Å². The van der Waals surface area contributed by atoms with Crippen molar-refractivity contribution in [2.24, 2.45) is 0 Å². The van der Waals surface area contributed by atoms with Gasteiger partial charge in [0.1, 0.15) is 0 Å². The Hall–Kier alpha value is -2.50. The minimum Gasteiger partial charge on any atom is -0.372 e. The van der Waals surface area contributed by atoms with Crippen LogP contribution in [-0.2, 0) is 0 Å². The average Bonchev–Trinajstić information content (AvgIpc) is 3.15. The summed E-state index contributed by atoms with van der Waals surface area (Å²) < 4.78 is 0. The second kappa shape index (κ2) is 7.59. The highest BCUT2D eigenvalue weighted by Crippen LogP contribution is 2.30. The van der Waals surface area contributed by atoms with E-state index in [2.05, 4.69) is 47.4 Å². The van der Waals surface area contributed by atoms with Crippen molar-refractivity contribution in [2.45, 2.75) is 45.2 Å². The van der Waals surface area contributed by atoms with E-state index in [-0.39, 0.29) is 12.1 Å². The normalized spacial score (nSPS) is 17.6. The molecule has 6 nitrogen and oxygen atoms in total. The smallest absolute Gasteiger partial charge is 0.322 e. The van der Waals surface area contributed by atoms with Crippen LogP contribution in [0.25, 0.3) is 0 Å². The first-order chi connectivity index (χ1) is 12.1. The molecule has 6 heteroatoms. The predicted octanol–water partition coefficient (Wildman–Crippen LogP) is 4.01. The predicted molar refractivity (Wildman–Crippen MR) is 101 cm³/mol. The monoisotopic (exact) mass is 341 g/mol. The number of carbonyl (C=O) groups is 1. The first kappa shape index (κ1) is 17.3. The summed E-state index contributed by atoms with van der Waals surface area (Å²) in [6.07, 6.45) is 4.87. The van der Waals surface area contributed by atoms with E-state index < -0.39 is 0 Å². The van der Waals surface area contributed by atoms with Crippen LogP contribution >= 0.6 is 0 Å². The lowest BCUT2D eigenvalue weighted by molar-refractivity contribution is 0.161. The zero-order valence-electron chi connectivity index (χ0n) is 15.2. The lowest BCUT2D eigenvalue weighted by Crippen LogP contribution is -2.41. The van der Waals surface area contributed by atoms with Crippen LogP contribution in [0.3, 0.4) is 0 Å². The lowest BCUT2D eigenvalue weighted by Gasteiger charge is -2.35. The largest absolute Gasteiger partial charge is 0.372 e. The Bertz CT molecular complexity index is 698. The number of likely N-dealkylation sites (tertiary alicyclic amines) is 1. The highest BCUT2D eigenvalue weighted by Gasteiger charge is 2.29. The number of hydrogen-bond donors (Lipinski definition) is 2. The van der Waals surface area contributed by atoms with Gasteiger partial charge in [0.15, 0.2) is 0 Å². The number of hydrogen-bond acceptors (Lipinski definition) is 3. The molecule has 2 heterocycles. The molecule has 134 valence electrons. The van der Waals surface area contributed by atoms with Gasteiger partial charge in [0.25, 0.3) is 0 Å². The molecule has 1 aromatic heterocycles. The third-order valence-corrected chi connectivity index (χ3v) is 4.92. The second-order valence-electron chi connectivity index (χ2n) is 6.90. The summed E-state index contributed by atoms with van der Waals surface area (Å²) in [6, 6.07) is 10.4. The van der Waals surface area contributed by atoms with Crippen LogP contribution in [0.4, 0.5) is 16.2 Å². The SMILES string of the molecule is CC(C)N(C)c1cccc(NC(=O)N2CCCCC2c2ccn[nH]2)c1. The quantitative estimate of drug-likeness (QED) is 0.883. The van der Waals surface area contributed by atoms with E-state index in [4.69, 9.17) is 0 Å². The second-order valence-corrected chi connectivity index (χ2v) is 6.90. The average molecular weight is 341 g/mol. The van der Waals surface area contributed by atoms with Gasteiger partial charge in [-0.15, -0.1) is 0 Å². The lowest BCUT2D eigenvalue weighted by atomic mass is 10.00. The van der Waals surface area contributed by atoms with Crippen molar-refractivity contribution in [3.63, 3.8) is 0 Å². The standard InChI is InChI=1S/C19H27N5O/c1-14(2)23(3)16-8-6-7-15(13-16)21-19(25)24-12-5-4-9-18(24)17-10-11-20-22-17/h6-8,10-11,13-14,18H,4-5,9,12H2,1-3H3,(H,20,22)(H,21,25). The minimum atomic E-state index is -0.0522. The first-order valence-electron chi connectivity index (χ1n) is 8.96. The van der Waals surface area contributed by atoms with Gasteiger partial charge in [-0.25, -0.2) is 4.79 Å². The molecular weight excluding hydrogens is 314 g/mol. The fraction of sp³-hybridized carbons (Fsp3) is 0.474. The number of benzene rings is 1. The topological polar surface area (TPSA) is 64.3 Å². The molecule has 1 unspecified atom stereocenters. The number of nitrogens with zero attached hydrogens (tertiary/aromatic N) is 3. The van der Waals surface area contributed by atoms with E-state index in [1.165, 1.54) is 0 Å². The van der Waals surface area contributed by atoms with E-state index in [1.807, 2.05) is 29.2 Å². The third-order valence-electron chi connectivity index (χ3n) is 4.92. The molecule has 1 aliphatic rings. The van der Waals surface area contributed by atoms with Crippen molar-refractivity contribution in [3.05, 3.63) is 42.2 Å². The Morgan fingerprint density at radius 3 is 2.92 bits per heavy atom. The van der Waals surface area contributed by atoms with Crippen LogP contribution in [0.1, 0.15) is 44.8 Å². The number of H-pyrrole nitrogens is 1. The van der Waals surface area contributed by atoms with Gasteiger partial charge in [0, 0.05) is 37.2 Å². The summed E-state index contributed by atoms with van der Waals surface area (Å²) in [7, 11) is 2.06. The molecule has 2 aromatic rings. The number of carbonyl (C=O) groups excluding carboxylic acids is 1. The summed E-state index contributed by atoms with van der Waals surface area (Å²) >= 11 is 0. The highest BCUT2D eigenvalue weighted by atomic mass is 16.2. The van der Waals surface area contributed by atoms with Crippen molar-refractivity contribution in [1.29, 1.82) is 0 Å². The molecule has 1 atom stereocenters. The summed E-state index contributed by atoms with van der Waals surface area (Å²) in [4.78, 5) is 17.0. The summed E-state index contributed by atoms with van der Waals surface area (Å²) in [6.45, 7) is 5.06. The molecule has 3 rings (SSSR count). The molecule has 1 aliphatic heterocycles. The minimum absolute atomic E-state index is 0.0522. The Balaban J connectivity index is 1.74. The van der Waals surface area contributed by atoms with E-state index in [0.717, 1.165) is 42.9 Å². The number of aromatic amines is 1. The summed E-state index contributed by atoms with van der Waals surface area (Å²) in [5.41, 5.74) is 2.92. The summed E-state index contributed by atoms with van der Waals surface area (Å²) in [5, 5.41) is 10.1. The molecule has 0 bridgehead atoms. The van der Waals surface area contributed by atoms with Crippen molar-refractivity contribution in [2.75, 3.05) is 23.8 Å². The van der Waals surface area contributed by atoms with Crippen LogP contribution in [0, 0.1) is 0 Å².